The van der Waals surface area contributed by atoms with Gasteiger partial charge in [-0.05, 0) is 55.5 Å². The number of benzene rings is 2. The van der Waals surface area contributed by atoms with Crippen molar-refractivity contribution in [3.05, 3.63) is 108 Å². The third-order valence-corrected chi connectivity index (χ3v) is 6.52. The van der Waals surface area contributed by atoms with Crippen molar-refractivity contribution in [2.45, 2.75) is 19.4 Å². The minimum absolute atomic E-state index is 0.186. The van der Waals surface area contributed by atoms with Crippen molar-refractivity contribution in [1.29, 1.82) is 0 Å². The maximum absolute atomic E-state index is 6.40. The number of nitrogens with zero attached hydrogens (tertiary/aromatic N) is 6. The molecule has 0 radical (unpaired) electrons. The van der Waals surface area contributed by atoms with Gasteiger partial charge in [0.05, 0.1) is 41.8 Å². The fourth-order valence-corrected chi connectivity index (χ4v) is 4.79. The van der Waals surface area contributed by atoms with Crippen LogP contribution < -0.4 is 14.2 Å². The lowest BCUT2D eigenvalue weighted by molar-refractivity contribution is 0.295. The zero-order chi connectivity index (χ0) is 25.6. The Bertz CT molecular complexity index is 1740. The average molecular weight is 507 g/mol. The maximum atomic E-state index is 6.40. The Morgan fingerprint density at radius 1 is 0.921 bits per heavy atom. The molecular weight excluding hydrogens is 484 g/mol. The molecule has 10 nitrogen and oxygen atoms in total. The molecule has 4 aromatic heterocycles. The number of furan rings is 1. The van der Waals surface area contributed by atoms with Gasteiger partial charge in [-0.1, -0.05) is 18.2 Å². The van der Waals surface area contributed by atoms with E-state index in [1.807, 2.05) is 73.7 Å². The molecule has 188 valence electrons. The quantitative estimate of drug-likeness (QED) is 0.308. The first-order chi connectivity index (χ1) is 18.7. The second kappa shape index (κ2) is 8.77. The van der Waals surface area contributed by atoms with Crippen LogP contribution in [0.25, 0.3) is 11.3 Å². The van der Waals surface area contributed by atoms with Crippen molar-refractivity contribution in [3.8, 4) is 28.9 Å². The van der Waals surface area contributed by atoms with Crippen molar-refractivity contribution >= 4 is 5.65 Å². The normalized spacial score (nSPS) is 14.1. The van der Waals surface area contributed by atoms with Crippen molar-refractivity contribution < 1.29 is 18.6 Å². The number of hydrogen-bond acceptors (Lipinski definition) is 8. The van der Waals surface area contributed by atoms with Crippen LogP contribution in [0, 0.1) is 6.92 Å². The highest BCUT2D eigenvalue weighted by molar-refractivity contribution is 5.65. The lowest BCUT2D eigenvalue weighted by atomic mass is 9.88. The summed E-state index contributed by atoms with van der Waals surface area (Å²) in [7, 11) is 1.63. The Kier molecular flexibility index (Phi) is 5.10. The number of aryl methyl sites for hydroxylation is 1. The SMILES string of the molecule is COc1ccc(OCc2nc3c4c(ncn3n2)Oc2c(c(C)nn2-c2ccccc2)[C@H]4c2ccco2)cc1. The van der Waals surface area contributed by atoms with E-state index in [2.05, 4.69) is 10.1 Å². The molecule has 5 heterocycles. The summed E-state index contributed by atoms with van der Waals surface area (Å²) >= 11 is 0. The van der Waals surface area contributed by atoms with Gasteiger partial charge in [0.25, 0.3) is 0 Å². The first-order valence-electron chi connectivity index (χ1n) is 12.1. The highest BCUT2D eigenvalue weighted by atomic mass is 16.5. The smallest absolute Gasteiger partial charge is 0.230 e. The predicted molar refractivity (Wildman–Crippen MR) is 136 cm³/mol. The second-order valence-electron chi connectivity index (χ2n) is 8.83. The maximum Gasteiger partial charge on any atom is 0.230 e. The molecule has 0 bridgehead atoms. The predicted octanol–water partition coefficient (Wildman–Crippen LogP) is 5.08. The third kappa shape index (κ3) is 3.57. The summed E-state index contributed by atoms with van der Waals surface area (Å²) in [5.74, 6) is 3.39. The van der Waals surface area contributed by atoms with Gasteiger partial charge in [-0.25, -0.2) is 19.2 Å². The van der Waals surface area contributed by atoms with E-state index in [1.54, 1.807) is 28.9 Å². The van der Waals surface area contributed by atoms with E-state index in [9.17, 15) is 0 Å². The molecular formula is C28H22N6O4. The first kappa shape index (κ1) is 22.1. The molecule has 1 aliphatic rings. The van der Waals surface area contributed by atoms with E-state index in [4.69, 9.17) is 28.7 Å². The zero-order valence-corrected chi connectivity index (χ0v) is 20.6. The first-order valence-corrected chi connectivity index (χ1v) is 12.1. The molecule has 1 aliphatic heterocycles. The van der Waals surface area contributed by atoms with Gasteiger partial charge in [0.1, 0.15) is 30.2 Å². The molecule has 0 unspecified atom stereocenters. The van der Waals surface area contributed by atoms with Crippen molar-refractivity contribution in [1.82, 2.24) is 29.4 Å². The van der Waals surface area contributed by atoms with Crippen LogP contribution in [0.4, 0.5) is 0 Å². The topological polar surface area (TPSA) is 102 Å². The highest BCUT2D eigenvalue weighted by Gasteiger charge is 2.39. The molecule has 38 heavy (non-hydrogen) atoms. The summed E-state index contributed by atoms with van der Waals surface area (Å²) in [5.41, 5.74) is 3.97. The van der Waals surface area contributed by atoms with Crippen LogP contribution in [0.15, 0.2) is 83.7 Å². The van der Waals surface area contributed by atoms with Crippen LogP contribution in [-0.4, -0.2) is 36.5 Å². The molecule has 0 saturated heterocycles. The molecule has 2 aromatic carbocycles. The third-order valence-electron chi connectivity index (χ3n) is 6.52. The standard InChI is InChI=1S/C28H22N6O4/c1-17-23-24(21-9-6-14-36-21)25-26-30-22(15-37-20-12-10-19(35-2)11-13-20)32-33(26)16-29-27(25)38-28(23)34(31-17)18-7-4-3-5-8-18/h3-14,16,24H,15H2,1-2H3/t24-/m1/s1. The molecule has 0 aliphatic carbocycles. The van der Waals surface area contributed by atoms with E-state index in [0.717, 1.165) is 34.0 Å². The summed E-state index contributed by atoms with van der Waals surface area (Å²) < 4.78 is 26.9. The van der Waals surface area contributed by atoms with Gasteiger partial charge in [0.15, 0.2) is 11.5 Å². The van der Waals surface area contributed by atoms with E-state index in [-0.39, 0.29) is 12.5 Å². The minimum Gasteiger partial charge on any atom is -0.497 e. The number of ether oxygens (including phenoxy) is 3. The van der Waals surface area contributed by atoms with Gasteiger partial charge in [-0.2, -0.15) is 5.10 Å². The van der Waals surface area contributed by atoms with Gasteiger partial charge < -0.3 is 18.6 Å². The summed E-state index contributed by atoms with van der Waals surface area (Å²) in [4.78, 5) is 9.42. The van der Waals surface area contributed by atoms with Gasteiger partial charge in [-0.15, -0.1) is 5.10 Å². The largest absolute Gasteiger partial charge is 0.497 e. The van der Waals surface area contributed by atoms with Crippen LogP contribution in [0.3, 0.4) is 0 Å². The van der Waals surface area contributed by atoms with Crippen molar-refractivity contribution in [3.63, 3.8) is 0 Å². The molecule has 0 amide bonds. The molecule has 6 aromatic rings. The van der Waals surface area contributed by atoms with Gasteiger partial charge >= 0.3 is 0 Å². The lowest BCUT2D eigenvalue weighted by Gasteiger charge is -2.24. The number of fused-ring (bicyclic) bond motifs is 4. The van der Waals surface area contributed by atoms with E-state index < -0.39 is 0 Å². The number of para-hydroxylation sites is 1. The Morgan fingerprint density at radius 2 is 1.74 bits per heavy atom. The Labute approximate surface area is 217 Å². The molecule has 0 N–H and O–H groups in total. The Hall–Kier alpha value is -5.12. The fourth-order valence-electron chi connectivity index (χ4n) is 4.79. The van der Waals surface area contributed by atoms with Crippen LogP contribution >= 0.6 is 0 Å². The summed E-state index contributed by atoms with van der Waals surface area (Å²) in [6, 6.07) is 21.0. The van der Waals surface area contributed by atoms with E-state index in [1.165, 1.54) is 0 Å². The highest BCUT2D eigenvalue weighted by Crippen LogP contribution is 2.49. The van der Waals surface area contributed by atoms with E-state index >= 15 is 0 Å². The molecule has 0 fully saturated rings. The lowest BCUT2D eigenvalue weighted by Crippen LogP contribution is -2.15. The second-order valence-corrected chi connectivity index (χ2v) is 8.83. The van der Waals surface area contributed by atoms with Crippen LogP contribution in [0.1, 0.15) is 34.3 Å². The number of methoxy groups -OCH3 is 1. The molecule has 1 atom stereocenters. The minimum atomic E-state index is -0.336. The molecule has 7 rings (SSSR count). The number of aromatic nitrogens is 6. The fraction of sp³-hybridized carbons (Fsp3) is 0.143. The van der Waals surface area contributed by atoms with Crippen LogP contribution in [0.2, 0.25) is 0 Å². The summed E-state index contributed by atoms with van der Waals surface area (Å²) in [5, 5.41) is 9.42. The zero-order valence-electron chi connectivity index (χ0n) is 20.6. The van der Waals surface area contributed by atoms with Crippen molar-refractivity contribution in [2.24, 2.45) is 0 Å². The number of rotatable bonds is 6. The Morgan fingerprint density at radius 3 is 2.50 bits per heavy atom. The van der Waals surface area contributed by atoms with Crippen LogP contribution in [0.5, 0.6) is 23.3 Å². The van der Waals surface area contributed by atoms with Gasteiger partial charge in [0.2, 0.25) is 11.8 Å². The van der Waals surface area contributed by atoms with Gasteiger partial charge in [-0.3, -0.25) is 0 Å². The van der Waals surface area contributed by atoms with Gasteiger partial charge in [0, 0.05) is 0 Å². The number of hydrogen-bond donors (Lipinski definition) is 0. The molecule has 0 spiro atoms. The summed E-state index contributed by atoms with van der Waals surface area (Å²) in [6.45, 7) is 2.15. The monoisotopic (exact) mass is 506 g/mol. The van der Waals surface area contributed by atoms with Crippen molar-refractivity contribution in [2.75, 3.05) is 7.11 Å². The molecule has 0 saturated carbocycles. The van der Waals surface area contributed by atoms with E-state index in [0.29, 0.717) is 29.0 Å². The summed E-state index contributed by atoms with van der Waals surface area (Å²) in [6.07, 6.45) is 3.25. The molecule has 10 heteroatoms. The van der Waals surface area contributed by atoms with Crippen LogP contribution in [-0.2, 0) is 6.61 Å². The average Bonchev–Trinajstić information content (AvgIpc) is 3.71. The Balaban J connectivity index is 1.32.